The molecule has 2 rings (SSSR count). The molecule has 0 aliphatic carbocycles. The molecule has 8 heteroatoms. The first kappa shape index (κ1) is 19.4. The van der Waals surface area contributed by atoms with E-state index in [0.717, 1.165) is 23.4 Å². The molecule has 1 aromatic rings. The van der Waals surface area contributed by atoms with Crippen molar-refractivity contribution in [3.05, 3.63) is 20.8 Å². The Labute approximate surface area is 155 Å². The van der Waals surface area contributed by atoms with Crippen molar-refractivity contribution in [2.24, 2.45) is 0 Å². The van der Waals surface area contributed by atoms with E-state index in [9.17, 15) is 9.59 Å². The lowest BCUT2D eigenvalue weighted by atomic mass is 10.2. The summed E-state index contributed by atoms with van der Waals surface area (Å²) in [4.78, 5) is 28.6. The number of ether oxygens (including phenoxy) is 1. The van der Waals surface area contributed by atoms with E-state index in [4.69, 9.17) is 4.74 Å². The molecule has 0 saturated carbocycles. The summed E-state index contributed by atoms with van der Waals surface area (Å²) in [6.07, 6.45) is 0.441. The number of carbonyl (C=O) groups is 2. The molecule has 1 aliphatic rings. The van der Waals surface area contributed by atoms with Crippen molar-refractivity contribution in [2.45, 2.75) is 26.1 Å². The highest BCUT2D eigenvalue weighted by molar-refractivity contribution is 9.11. The summed E-state index contributed by atoms with van der Waals surface area (Å²) in [5.41, 5.74) is 0. The van der Waals surface area contributed by atoms with Gasteiger partial charge >= 0.3 is 0 Å². The van der Waals surface area contributed by atoms with Crippen LogP contribution in [0.4, 0.5) is 0 Å². The van der Waals surface area contributed by atoms with Gasteiger partial charge in [-0.2, -0.15) is 0 Å². The van der Waals surface area contributed by atoms with Crippen LogP contribution in [0.25, 0.3) is 0 Å². The summed E-state index contributed by atoms with van der Waals surface area (Å²) in [5, 5.41) is 2.88. The average molecular weight is 418 g/mol. The van der Waals surface area contributed by atoms with Gasteiger partial charge in [0.05, 0.1) is 27.4 Å². The Morgan fingerprint density at radius 1 is 1.38 bits per heavy atom. The first-order valence-corrected chi connectivity index (χ1v) is 9.61. The molecule has 134 valence electrons. The van der Waals surface area contributed by atoms with E-state index in [2.05, 4.69) is 40.0 Å². The molecule has 2 unspecified atom stereocenters. The van der Waals surface area contributed by atoms with Gasteiger partial charge in [-0.05, 0) is 41.9 Å². The van der Waals surface area contributed by atoms with Gasteiger partial charge in [0, 0.05) is 33.2 Å². The SMILES string of the molecule is CC1CN(CCNC(=O)CN(C)C(=O)c2ccc(Br)s2)CC(C)O1. The van der Waals surface area contributed by atoms with E-state index in [1.54, 1.807) is 13.1 Å². The number of carbonyl (C=O) groups excluding carboxylic acids is 2. The van der Waals surface area contributed by atoms with E-state index >= 15 is 0 Å². The van der Waals surface area contributed by atoms with Crippen molar-refractivity contribution in [3.63, 3.8) is 0 Å². The van der Waals surface area contributed by atoms with E-state index in [-0.39, 0.29) is 30.6 Å². The minimum absolute atomic E-state index is 0.0598. The Balaban J connectivity index is 1.70. The zero-order valence-corrected chi connectivity index (χ0v) is 16.7. The number of nitrogens with zero attached hydrogens (tertiary/aromatic N) is 2. The summed E-state index contributed by atoms with van der Waals surface area (Å²) < 4.78 is 6.59. The van der Waals surface area contributed by atoms with Crippen molar-refractivity contribution in [1.82, 2.24) is 15.1 Å². The number of rotatable bonds is 6. The highest BCUT2D eigenvalue weighted by Crippen LogP contribution is 2.22. The fourth-order valence-electron chi connectivity index (χ4n) is 2.78. The van der Waals surface area contributed by atoms with Crippen LogP contribution in [0, 0.1) is 0 Å². The van der Waals surface area contributed by atoms with Crippen LogP contribution in [0.2, 0.25) is 0 Å². The van der Waals surface area contributed by atoms with Crippen molar-refractivity contribution in [1.29, 1.82) is 0 Å². The van der Waals surface area contributed by atoms with Crippen molar-refractivity contribution in [3.8, 4) is 0 Å². The molecule has 0 aromatic carbocycles. The highest BCUT2D eigenvalue weighted by atomic mass is 79.9. The van der Waals surface area contributed by atoms with Crippen LogP contribution < -0.4 is 5.32 Å². The molecular weight excluding hydrogens is 394 g/mol. The Morgan fingerprint density at radius 3 is 2.62 bits per heavy atom. The molecule has 2 amide bonds. The zero-order valence-electron chi connectivity index (χ0n) is 14.3. The van der Waals surface area contributed by atoms with Crippen LogP contribution in [-0.2, 0) is 9.53 Å². The normalized spacial score (nSPS) is 21.5. The lowest BCUT2D eigenvalue weighted by molar-refractivity contribution is -0.121. The van der Waals surface area contributed by atoms with Gasteiger partial charge in [-0.25, -0.2) is 0 Å². The molecule has 1 saturated heterocycles. The fraction of sp³-hybridized carbons (Fsp3) is 0.625. The third kappa shape index (κ3) is 5.84. The number of nitrogens with one attached hydrogen (secondary N) is 1. The summed E-state index contributed by atoms with van der Waals surface area (Å²) in [6, 6.07) is 3.59. The summed E-state index contributed by atoms with van der Waals surface area (Å²) in [6.45, 7) is 7.31. The first-order valence-electron chi connectivity index (χ1n) is 8.00. The predicted molar refractivity (Wildman–Crippen MR) is 98.4 cm³/mol. The summed E-state index contributed by atoms with van der Waals surface area (Å²) in [7, 11) is 1.64. The topological polar surface area (TPSA) is 61.9 Å². The van der Waals surface area contributed by atoms with Crippen LogP contribution in [0.15, 0.2) is 15.9 Å². The Morgan fingerprint density at radius 2 is 2.04 bits per heavy atom. The minimum atomic E-state index is -0.143. The maximum absolute atomic E-state index is 12.2. The molecular formula is C16H24BrN3O3S. The van der Waals surface area contributed by atoms with Gasteiger partial charge in [-0.3, -0.25) is 14.5 Å². The molecule has 6 nitrogen and oxygen atoms in total. The molecule has 2 atom stereocenters. The molecule has 0 radical (unpaired) electrons. The number of amides is 2. The van der Waals surface area contributed by atoms with Crippen molar-refractivity contribution >= 4 is 39.1 Å². The smallest absolute Gasteiger partial charge is 0.264 e. The van der Waals surface area contributed by atoms with Crippen molar-refractivity contribution < 1.29 is 14.3 Å². The van der Waals surface area contributed by atoms with Crippen LogP contribution in [0.5, 0.6) is 0 Å². The lowest BCUT2D eigenvalue weighted by Gasteiger charge is -2.35. The number of likely N-dealkylation sites (N-methyl/N-ethyl adjacent to an activating group) is 1. The molecule has 0 spiro atoms. The third-order valence-corrected chi connectivity index (χ3v) is 5.37. The Kier molecular flexibility index (Phi) is 7.21. The zero-order chi connectivity index (χ0) is 17.7. The molecule has 1 aromatic heterocycles. The maximum atomic E-state index is 12.2. The van der Waals surface area contributed by atoms with E-state index in [1.807, 2.05) is 6.07 Å². The second-order valence-electron chi connectivity index (χ2n) is 6.13. The van der Waals surface area contributed by atoms with Gasteiger partial charge in [0.15, 0.2) is 0 Å². The maximum Gasteiger partial charge on any atom is 0.264 e. The summed E-state index contributed by atoms with van der Waals surface area (Å²) >= 11 is 4.70. The standard InChI is InChI=1S/C16H24BrN3O3S/c1-11-8-20(9-12(2)23-11)7-6-18-15(21)10-19(3)16(22)13-4-5-14(17)24-13/h4-5,11-12H,6-10H2,1-3H3,(H,18,21). The summed E-state index contributed by atoms with van der Waals surface area (Å²) in [5.74, 6) is -0.285. The van der Waals surface area contributed by atoms with E-state index < -0.39 is 0 Å². The molecule has 1 aliphatic heterocycles. The van der Waals surface area contributed by atoms with Crippen LogP contribution in [0.3, 0.4) is 0 Å². The number of morpholine rings is 1. The number of thiophene rings is 1. The highest BCUT2D eigenvalue weighted by Gasteiger charge is 2.22. The minimum Gasteiger partial charge on any atom is -0.373 e. The van der Waals surface area contributed by atoms with Crippen molar-refractivity contribution in [2.75, 3.05) is 39.8 Å². The first-order chi connectivity index (χ1) is 11.3. The van der Waals surface area contributed by atoms with Crippen LogP contribution in [-0.4, -0.2) is 73.6 Å². The molecule has 24 heavy (non-hydrogen) atoms. The Hall–Kier alpha value is -0.960. The molecule has 1 fully saturated rings. The van der Waals surface area contributed by atoms with Gasteiger partial charge < -0.3 is 15.0 Å². The second kappa shape index (κ2) is 8.94. The Bertz CT molecular complexity index is 571. The van der Waals surface area contributed by atoms with E-state index in [1.165, 1.54) is 16.2 Å². The molecule has 2 heterocycles. The average Bonchev–Trinajstić information content (AvgIpc) is 2.92. The number of halogens is 1. The fourth-order valence-corrected chi connectivity index (χ4v) is 4.16. The lowest BCUT2D eigenvalue weighted by Crippen LogP contribution is -2.48. The quantitative estimate of drug-likeness (QED) is 0.766. The molecule has 1 N–H and O–H groups in total. The predicted octanol–water partition coefficient (Wildman–Crippen LogP) is 1.81. The van der Waals surface area contributed by atoms with Crippen LogP contribution in [0.1, 0.15) is 23.5 Å². The number of hydrogen-bond donors (Lipinski definition) is 1. The second-order valence-corrected chi connectivity index (χ2v) is 8.59. The van der Waals surface area contributed by atoms with Gasteiger partial charge in [-0.1, -0.05) is 0 Å². The largest absolute Gasteiger partial charge is 0.373 e. The van der Waals surface area contributed by atoms with Gasteiger partial charge in [0.2, 0.25) is 5.91 Å². The van der Waals surface area contributed by atoms with Gasteiger partial charge in [-0.15, -0.1) is 11.3 Å². The molecule has 0 bridgehead atoms. The monoisotopic (exact) mass is 417 g/mol. The number of hydrogen-bond acceptors (Lipinski definition) is 5. The van der Waals surface area contributed by atoms with Gasteiger partial charge in [0.25, 0.3) is 5.91 Å². The van der Waals surface area contributed by atoms with Crippen LogP contribution >= 0.6 is 27.3 Å². The van der Waals surface area contributed by atoms with Gasteiger partial charge in [0.1, 0.15) is 0 Å². The van der Waals surface area contributed by atoms with E-state index in [0.29, 0.717) is 11.4 Å². The third-order valence-electron chi connectivity index (χ3n) is 3.76.